The number of halogens is 2. The second kappa shape index (κ2) is 6.70. The van der Waals surface area contributed by atoms with Gasteiger partial charge in [-0.15, -0.1) is 0 Å². The third-order valence-electron chi connectivity index (χ3n) is 7.58. The molecule has 0 saturated heterocycles. The number of benzene rings is 2. The van der Waals surface area contributed by atoms with Crippen molar-refractivity contribution in [2.75, 3.05) is 0 Å². The van der Waals surface area contributed by atoms with Crippen LogP contribution in [-0.2, 0) is 11.3 Å². The topological polar surface area (TPSA) is 74.3 Å². The summed E-state index contributed by atoms with van der Waals surface area (Å²) in [7, 11) is 0. The van der Waals surface area contributed by atoms with E-state index in [4.69, 9.17) is 5.26 Å². The maximum Gasteiger partial charge on any atom is 0.249 e. The van der Waals surface area contributed by atoms with Gasteiger partial charge in [0.15, 0.2) is 0 Å². The predicted octanol–water partition coefficient (Wildman–Crippen LogP) is 4.62. The number of hydrazone groups is 1. The average Bonchev–Trinajstić information content (AvgIpc) is 3.39. The van der Waals surface area contributed by atoms with Crippen molar-refractivity contribution in [3.05, 3.63) is 64.9 Å². The van der Waals surface area contributed by atoms with Crippen LogP contribution in [0, 0.1) is 40.7 Å². The number of carbonyl (C=O) groups excluding carboxylic acids is 1. The van der Waals surface area contributed by atoms with Crippen molar-refractivity contribution in [1.29, 1.82) is 5.26 Å². The van der Waals surface area contributed by atoms with Gasteiger partial charge >= 0.3 is 0 Å². The molecule has 0 spiro atoms. The van der Waals surface area contributed by atoms with Crippen LogP contribution in [0.25, 0.3) is 10.9 Å². The zero-order chi connectivity index (χ0) is 23.0. The number of amides is 1. The minimum atomic E-state index is -0.609. The quantitative estimate of drug-likeness (QED) is 0.588. The van der Waals surface area contributed by atoms with Crippen LogP contribution in [0.2, 0.25) is 0 Å². The predicted molar refractivity (Wildman–Crippen MR) is 117 cm³/mol. The van der Waals surface area contributed by atoms with E-state index in [9.17, 15) is 13.6 Å². The fourth-order valence-corrected chi connectivity index (χ4v) is 5.98. The monoisotopic (exact) mass is 445 g/mol. The van der Waals surface area contributed by atoms with Gasteiger partial charge in [0.1, 0.15) is 11.6 Å². The lowest BCUT2D eigenvalue weighted by molar-refractivity contribution is -0.223. The minimum absolute atomic E-state index is 0.0214. The SMILES string of the molecule is Cc1c(F)cc(C2CC=NN2C(=O)C23CC(Cn4ncc5cc(C#N)ccc54)(C2)C3)cc1F. The van der Waals surface area contributed by atoms with Gasteiger partial charge in [-0.2, -0.15) is 15.5 Å². The number of aromatic nitrogens is 2. The zero-order valence-electron chi connectivity index (χ0n) is 18.1. The molecule has 1 aliphatic heterocycles. The lowest BCUT2D eigenvalue weighted by Crippen LogP contribution is -2.68. The van der Waals surface area contributed by atoms with Crippen molar-refractivity contribution in [3.63, 3.8) is 0 Å². The molecule has 166 valence electrons. The molecule has 2 heterocycles. The summed E-state index contributed by atoms with van der Waals surface area (Å²) in [6.07, 6.45) is 6.12. The summed E-state index contributed by atoms with van der Waals surface area (Å²) in [6.45, 7) is 2.12. The molecule has 3 aliphatic carbocycles. The van der Waals surface area contributed by atoms with Crippen LogP contribution in [0.15, 0.2) is 41.6 Å². The number of carbonyl (C=O) groups is 1. The molecule has 1 unspecified atom stereocenters. The van der Waals surface area contributed by atoms with Gasteiger partial charge < -0.3 is 0 Å². The van der Waals surface area contributed by atoms with Gasteiger partial charge in [-0.3, -0.25) is 9.48 Å². The van der Waals surface area contributed by atoms with E-state index in [1.165, 1.54) is 24.1 Å². The molecule has 6 nitrogen and oxygen atoms in total. The highest BCUT2D eigenvalue weighted by Gasteiger charge is 2.72. The molecule has 1 atom stereocenters. The van der Waals surface area contributed by atoms with Gasteiger partial charge in [0.2, 0.25) is 5.91 Å². The van der Waals surface area contributed by atoms with Crippen LogP contribution in [0.4, 0.5) is 8.78 Å². The molecule has 0 N–H and O–H groups in total. The van der Waals surface area contributed by atoms with Crippen molar-refractivity contribution in [2.24, 2.45) is 15.9 Å². The summed E-state index contributed by atoms with van der Waals surface area (Å²) in [4.78, 5) is 13.4. The fourth-order valence-electron chi connectivity index (χ4n) is 5.98. The van der Waals surface area contributed by atoms with Crippen molar-refractivity contribution >= 4 is 23.0 Å². The Kier molecular flexibility index (Phi) is 4.07. The summed E-state index contributed by atoms with van der Waals surface area (Å²) >= 11 is 0. The summed E-state index contributed by atoms with van der Waals surface area (Å²) in [5, 5.41) is 20.2. The maximum atomic E-state index is 14.1. The Morgan fingerprint density at radius 3 is 2.64 bits per heavy atom. The maximum absolute atomic E-state index is 14.1. The van der Waals surface area contributed by atoms with E-state index in [0.717, 1.165) is 36.7 Å². The highest BCUT2D eigenvalue weighted by Crippen LogP contribution is 2.74. The van der Waals surface area contributed by atoms with Crippen LogP contribution in [-0.4, -0.2) is 26.9 Å². The second-order valence-corrected chi connectivity index (χ2v) is 9.81. The van der Waals surface area contributed by atoms with E-state index in [0.29, 0.717) is 17.5 Å². The third kappa shape index (κ3) is 2.85. The first-order valence-corrected chi connectivity index (χ1v) is 11.0. The Morgan fingerprint density at radius 2 is 1.94 bits per heavy atom. The van der Waals surface area contributed by atoms with Gasteiger partial charge in [0, 0.05) is 30.1 Å². The average molecular weight is 445 g/mol. The highest BCUT2D eigenvalue weighted by atomic mass is 19.1. The lowest BCUT2D eigenvalue weighted by atomic mass is 9.34. The molecule has 33 heavy (non-hydrogen) atoms. The molecule has 2 bridgehead atoms. The Bertz CT molecular complexity index is 1360. The van der Waals surface area contributed by atoms with E-state index < -0.39 is 23.1 Å². The number of nitriles is 1. The van der Waals surface area contributed by atoms with Crippen LogP contribution in [0.5, 0.6) is 0 Å². The lowest BCUT2D eigenvalue weighted by Gasteiger charge is -2.69. The Labute approximate surface area is 189 Å². The van der Waals surface area contributed by atoms with Crippen LogP contribution in [0.3, 0.4) is 0 Å². The molecule has 3 saturated carbocycles. The number of hydrogen-bond acceptors (Lipinski definition) is 4. The summed E-state index contributed by atoms with van der Waals surface area (Å²) in [5.41, 5.74) is 1.58. The van der Waals surface area contributed by atoms with Gasteiger partial charge in [0.05, 0.1) is 34.8 Å². The minimum Gasteiger partial charge on any atom is -0.272 e. The highest BCUT2D eigenvalue weighted by molar-refractivity contribution is 5.88. The van der Waals surface area contributed by atoms with Crippen molar-refractivity contribution < 1.29 is 13.6 Å². The first-order chi connectivity index (χ1) is 15.8. The molecular formula is C25H21F2N5O. The van der Waals surface area contributed by atoms with E-state index in [1.54, 1.807) is 18.5 Å². The van der Waals surface area contributed by atoms with E-state index in [1.807, 2.05) is 16.8 Å². The Balaban J connectivity index is 1.18. The summed E-state index contributed by atoms with van der Waals surface area (Å²) in [6, 6.07) is 9.81. The standard InChI is InChI=1S/C25H21F2N5O/c1-15-19(26)7-17(8-20(15)27)22-4-5-29-32(22)23(33)25-11-24(12-25,13-25)14-31-21-3-2-16(9-28)6-18(21)10-30-31/h2-3,5-8,10,22H,4,11-14H2,1H3. The molecule has 2 aromatic carbocycles. The van der Waals surface area contributed by atoms with Gasteiger partial charge in [-0.05, 0) is 67.5 Å². The molecule has 8 heteroatoms. The zero-order valence-corrected chi connectivity index (χ0v) is 18.1. The van der Waals surface area contributed by atoms with Gasteiger partial charge in [0.25, 0.3) is 0 Å². The summed E-state index contributed by atoms with van der Waals surface area (Å²) < 4.78 is 30.2. The smallest absolute Gasteiger partial charge is 0.249 e. The van der Waals surface area contributed by atoms with E-state index >= 15 is 0 Å². The molecule has 7 rings (SSSR count). The fraction of sp³-hybridized carbons (Fsp3) is 0.360. The third-order valence-corrected chi connectivity index (χ3v) is 7.58. The van der Waals surface area contributed by atoms with Crippen LogP contribution in [0.1, 0.15) is 48.4 Å². The van der Waals surface area contributed by atoms with Crippen LogP contribution < -0.4 is 0 Å². The van der Waals surface area contributed by atoms with Gasteiger partial charge in [-0.1, -0.05) is 0 Å². The normalized spacial score (nSPS) is 27.3. The van der Waals surface area contributed by atoms with E-state index in [2.05, 4.69) is 16.3 Å². The first kappa shape index (κ1) is 20.0. The molecule has 1 amide bonds. The number of fused-ring (bicyclic) bond motifs is 1. The Hall–Kier alpha value is -3.60. The molecule has 0 radical (unpaired) electrons. The molecule has 4 aliphatic rings. The van der Waals surface area contributed by atoms with Crippen molar-refractivity contribution in [1.82, 2.24) is 14.8 Å². The first-order valence-electron chi connectivity index (χ1n) is 11.0. The van der Waals surface area contributed by atoms with Crippen molar-refractivity contribution in [3.8, 4) is 6.07 Å². The summed E-state index contributed by atoms with van der Waals surface area (Å²) in [5.74, 6) is -1.28. The molecule has 3 aromatic rings. The van der Waals surface area contributed by atoms with Gasteiger partial charge in [-0.25, -0.2) is 13.8 Å². The van der Waals surface area contributed by atoms with Crippen LogP contribution >= 0.6 is 0 Å². The Morgan fingerprint density at radius 1 is 1.21 bits per heavy atom. The van der Waals surface area contributed by atoms with Crippen molar-refractivity contribution in [2.45, 2.75) is 45.2 Å². The second-order valence-electron chi connectivity index (χ2n) is 9.81. The molecule has 3 fully saturated rings. The largest absolute Gasteiger partial charge is 0.272 e. The number of hydrogen-bond donors (Lipinski definition) is 0. The molecular weight excluding hydrogens is 424 g/mol. The number of rotatable bonds is 4. The van der Waals surface area contributed by atoms with E-state index in [-0.39, 0.29) is 16.9 Å². The molecule has 1 aromatic heterocycles. The number of nitrogens with zero attached hydrogens (tertiary/aromatic N) is 5.